The zero-order valence-electron chi connectivity index (χ0n) is 8.49. The van der Waals surface area contributed by atoms with E-state index in [0.717, 1.165) is 16.8 Å². The lowest BCUT2D eigenvalue weighted by molar-refractivity contribution is 0.778. The zero-order valence-corrected chi connectivity index (χ0v) is 10.1. The highest BCUT2D eigenvalue weighted by Crippen LogP contribution is 2.48. The highest BCUT2D eigenvalue weighted by atomic mass is 79.9. The Balaban J connectivity index is 1.88. The van der Waals surface area contributed by atoms with Gasteiger partial charge in [-0.15, -0.1) is 0 Å². The molecule has 0 radical (unpaired) electrons. The quantitative estimate of drug-likeness (QED) is 0.914. The van der Waals surface area contributed by atoms with Gasteiger partial charge in [0.15, 0.2) is 0 Å². The van der Waals surface area contributed by atoms with Gasteiger partial charge in [-0.2, -0.15) is 0 Å². The minimum absolute atomic E-state index is 0.574. The molecule has 1 aromatic rings. The summed E-state index contributed by atoms with van der Waals surface area (Å²) in [6.07, 6.45) is 5.61. The number of nitrogens with zero attached hydrogens (tertiary/aromatic N) is 2. The van der Waals surface area contributed by atoms with Crippen LogP contribution in [0.25, 0.3) is 0 Å². The number of rotatable bonds is 3. The largest absolute Gasteiger partial charge is 0.330 e. The summed E-state index contributed by atoms with van der Waals surface area (Å²) >= 11 is 3.53. The van der Waals surface area contributed by atoms with Crippen LogP contribution >= 0.6 is 15.9 Å². The molecule has 15 heavy (non-hydrogen) atoms. The normalized spacial score (nSPS) is 29.2. The first-order chi connectivity index (χ1) is 7.29. The van der Waals surface area contributed by atoms with Crippen LogP contribution in [0.5, 0.6) is 0 Å². The molecular weight excluding hydrogens is 254 g/mol. The molecule has 2 saturated carbocycles. The standard InChI is InChI=1S/C11H14BrN3/c12-9-5-14-11(6-1-2-6)15-10(9)8-3-7(8)4-13/h5-8H,1-4,13H2/t7-,8+/m0/s1. The van der Waals surface area contributed by atoms with Crippen LogP contribution in [0.3, 0.4) is 0 Å². The van der Waals surface area contributed by atoms with E-state index in [-0.39, 0.29) is 0 Å². The molecule has 0 bridgehead atoms. The average Bonchev–Trinajstić information content (AvgIpc) is 3.13. The van der Waals surface area contributed by atoms with Crippen molar-refractivity contribution in [1.82, 2.24) is 9.97 Å². The zero-order chi connectivity index (χ0) is 10.4. The monoisotopic (exact) mass is 267 g/mol. The third-order valence-corrected chi connectivity index (χ3v) is 3.92. The van der Waals surface area contributed by atoms with Gasteiger partial charge < -0.3 is 5.73 Å². The third kappa shape index (κ3) is 1.81. The van der Waals surface area contributed by atoms with E-state index in [4.69, 9.17) is 5.73 Å². The van der Waals surface area contributed by atoms with Crippen molar-refractivity contribution in [2.24, 2.45) is 11.7 Å². The molecule has 0 unspecified atom stereocenters. The fourth-order valence-electron chi connectivity index (χ4n) is 2.04. The summed E-state index contributed by atoms with van der Waals surface area (Å²) in [7, 11) is 0. The van der Waals surface area contributed by atoms with E-state index in [1.54, 1.807) is 0 Å². The van der Waals surface area contributed by atoms with Gasteiger partial charge in [0.05, 0.1) is 10.2 Å². The Morgan fingerprint density at radius 1 is 1.47 bits per heavy atom. The minimum Gasteiger partial charge on any atom is -0.330 e. The van der Waals surface area contributed by atoms with Gasteiger partial charge in [0.2, 0.25) is 0 Å². The Bertz CT molecular complexity index is 389. The smallest absolute Gasteiger partial charge is 0.131 e. The van der Waals surface area contributed by atoms with Gasteiger partial charge in [-0.1, -0.05) is 0 Å². The van der Waals surface area contributed by atoms with Crippen molar-refractivity contribution in [3.8, 4) is 0 Å². The van der Waals surface area contributed by atoms with Crippen molar-refractivity contribution in [2.45, 2.75) is 31.1 Å². The molecule has 2 atom stereocenters. The second kappa shape index (κ2) is 3.52. The molecule has 80 valence electrons. The third-order valence-electron chi connectivity index (χ3n) is 3.31. The average molecular weight is 268 g/mol. The van der Waals surface area contributed by atoms with Gasteiger partial charge in [0.1, 0.15) is 5.82 Å². The molecule has 2 aliphatic carbocycles. The van der Waals surface area contributed by atoms with Crippen LogP contribution < -0.4 is 5.73 Å². The van der Waals surface area contributed by atoms with Gasteiger partial charge in [-0.05, 0) is 47.7 Å². The Kier molecular flexibility index (Phi) is 2.29. The van der Waals surface area contributed by atoms with Crippen LogP contribution in [0.1, 0.15) is 42.6 Å². The first kappa shape index (κ1) is 9.73. The molecule has 3 nitrogen and oxygen atoms in total. The molecular formula is C11H14BrN3. The van der Waals surface area contributed by atoms with E-state index in [1.807, 2.05) is 6.20 Å². The molecule has 2 fully saturated rings. The summed E-state index contributed by atoms with van der Waals surface area (Å²) in [5.41, 5.74) is 6.85. The summed E-state index contributed by atoms with van der Waals surface area (Å²) in [6.45, 7) is 0.778. The molecule has 2 N–H and O–H groups in total. The predicted molar refractivity (Wildman–Crippen MR) is 61.6 cm³/mol. The highest BCUT2D eigenvalue weighted by Gasteiger charge is 2.40. The number of aromatic nitrogens is 2. The molecule has 4 heteroatoms. The Hall–Kier alpha value is -0.480. The molecule has 0 saturated heterocycles. The number of halogens is 1. The van der Waals surface area contributed by atoms with Gasteiger partial charge in [0, 0.05) is 18.0 Å². The van der Waals surface area contributed by atoms with Crippen molar-refractivity contribution >= 4 is 15.9 Å². The second-order valence-electron chi connectivity index (χ2n) is 4.57. The minimum atomic E-state index is 0.574. The molecule has 0 amide bonds. The summed E-state index contributed by atoms with van der Waals surface area (Å²) in [6, 6.07) is 0. The van der Waals surface area contributed by atoms with E-state index in [9.17, 15) is 0 Å². The Labute approximate surface area is 97.6 Å². The molecule has 0 spiro atoms. The van der Waals surface area contributed by atoms with Crippen LogP contribution in [0, 0.1) is 5.92 Å². The maximum atomic E-state index is 5.66. The van der Waals surface area contributed by atoms with Gasteiger partial charge in [-0.25, -0.2) is 9.97 Å². The highest BCUT2D eigenvalue weighted by molar-refractivity contribution is 9.10. The molecule has 1 heterocycles. The maximum Gasteiger partial charge on any atom is 0.131 e. The van der Waals surface area contributed by atoms with E-state index in [2.05, 4.69) is 25.9 Å². The van der Waals surface area contributed by atoms with E-state index < -0.39 is 0 Å². The second-order valence-corrected chi connectivity index (χ2v) is 5.43. The number of nitrogens with two attached hydrogens (primary N) is 1. The Morgan fingerprint density at radius 2 is 2.27 bits per heavy atom. The maximum absolute atomic E-state index is 5.66. The lowest BCUT2D eigenvalue weighted by Crippen LogP contribution is -2.04. The topological polar surface area (TPSA) is 51.8 Å². The summed E-state index contributed by atoms with van der Waals surface area (Å²) in [5, 5.41) is 0. The lowest BCUT2D eigenvalue weighted by Gasteiger charge is -2.04. The molecule has 0 aliphatic heterocycles. The van der Waals surface area contributed by atoms with E-state index in [0.29, 0.717) is 17.8 Å². The summed E-state index contributed by atoms with van der Waals surface area (Å²) < 4.78 is 1.05. The summed E-state index contributed by atoms with van der Waals surface area (Å²) in [4.78, 5) is 9.05. The Morgan fingerprint density at radius 3 is 2.87 bits per heavy atom. The van der Waals surface area contributed by atoms with Crippen LogP contribution in [0.15, 0.2) is 10.7 Å². The first-order valence-corrected chi connectivity index (χ1v) is 6.31. The van der Waals surface area contributed by atoms with Crippen LogP contribution in [0.4, 0.5) is 0 Å². The van der Waals surface area contributed by atoms with Gasteiger partial charge >= 0.3 is 0 Å². The van der Waals surface area contributed by atoms with E-state index >= 15 is 0 Å². The van der Waals surface area contributed by atoms with Crippen molar-refractivity contribution in [3.05, 3.63) is 22.2 Å². The molecule has 3 rings (SSSR count). The van der Waals surface area contributed by atoms with Crippen molar-refractivity contribution < 1.29 is 0 Å². The van der Waals surface area contributed by atoms with Crippen molar-refractivity contribution in [3.63, 3.8) is 0 Å². The van der Waals surface area contributed by atoms with Gasteiger partial charge in [0.25, 0.3) is 0 Å². The summed E-state index contributed by atoms with van der Waals surface area (Å²) in [5.74, 6) is 2.89. The fourth-order valence-corrected chi connectivity index (χ4v) is 2.52. The van der Waals surface area contributed by atoms with Crippen LogP contribution in [-0.4, -0.2) is 16.5 Å². The molecule has 0 aromatic carbocycles. The SMILES string of the molecule is NC[C@@H]1C[C@H]1c1nc(C2CC2)ncc1Br. The fraction of sp³-hybridized carbons (Fsp3) is 0.636. The predicted octanol–water partition coefficient (Wildman–Crippen LogP) is 2.18. The van der Waals surface area contributed by atoms with Crippen LogP contribution in [0.2, 0.25) is 0 Å². The molecule has 2 aliphatic rings. The van der Waals surface area contributed by atoms with Crippen LogP contribution in [-0.2, 0) is 0 Å². The van der Waals surface area contributed by atoms with Crippen molar-refractivity contribution in [2.75, 3.05) is 6.54 Å². The first-order valence-electron chi connectivity index (χ1n) is 5.52. The number of hydrogen-bond donors (Lipinski definition) is 1. The molecule has 1 aromatic heterocycles. The van der Waals surface area contributed by atoms with Crippen molar-refractivity contribution in [1.29, 1.82) is 0 Å². The van der Waals surface area contributed by atoms with Gasteiger partial charge in [-0.3, -0.25) is 0 Å². The van der Waals surface area contributed by atoms with E-state index in [1.165, 1.54) is 25.0 Å². The number of hydrogen-bond acceptors (Lipinski definition) is 3. The lowest BCUT2D eigenvalue weighted by atomic mass is 10.2.